The van der Waals surface area contributed by atoms with Crippen LogP contribution in [0.15, 0.2) is 47.4 Å². The van der Waals surface area contributed by atoms with E-state index in [-0.39, 0.29) is 5.91 Å². The molecule has 1 amide bonds. The second-order valence-electron chi connectivity index (χ2n) is 5.78. The molecule has 0 aliphatic rings. The Morgan fingerprint density at radius 2 is 1.91 bits per heavy atom. The minimum absolute atomic E-state index is 0.0137. The van der Waals surface area contributed by atoms with Crippen molar-refractivity contribution in [2.75, 3.05) is 11.1 Å². The lowest BCUT2D eigenvalue weighted by Crippen LogP contribution is -2.15. The van der Waals surface area contributed by atoms with E-state index >= 15 is 0 Å². The molecule has 1 unspecified atom stereocenters. The van der Waals surface area contributed by atoms with E-state index < -0.39 is 0 Å². The molecule has 0 spiro atoms. The van der Waals surface area contributed by atoms with Gasteiger partial charge in [0.1, 0.15) is 0 Å². The predicted octanol–water partition coefficient (Wildman–Crippen LogP) is 4.65. The summed E-state index contributed by atoms with van der Waals surface area (Å²) < 4.78 is 0. The fourth-order valence-corrected chi connectivity index (χ4v) is 3.20. The molecule has 0 fully saturated rings. The molecule has 23 heavy (non-hydrogen) atoms. The average Bonchev–Trinajstić information content (AvgIpc) is 2.52. The number of anilines is 2. The Morgan fingerprint density at radius 3 is 2.52 bits per heavy atom. The minimum atomic E-state index is -0.0137. The molecule has 0 heterocycles. The first-order valence-corrected chi connectivity index (χ1v) is 8.77. The lowest BCUT2D eigenvalue weighted by molar-refractivity contribution is -0.115. The fourth-order valence-electron chi connectivity index (χ4n) is 2.18. The SMILES string of the molecule is CCC(C)Sc1ccc(NC(=O)Cc2ccc(N)cc2)c(C)c1. The Kier molecular flexibility index (Phi) is 6.11. The molecular weight excluding hydrogens is 304 g/mol. The van der Waals surface area contributed by atoms with Gasteiger partial charge in [0.25, 0.3) is 0 Å². The summed E-state index contributed by atoms with van der Waals surface area (Å²) in [5, 5.41) is 3.59. The van der Waals surface area contributed by atoms with Gasteiger partial charge in [0.05, 0.1) is 6.42 Å². The third-order valence-corrected chi connectivity index (χ3v) is 4.99. The van der Waals surface area contributed by atoms with Gasteiger partial charge in [-0.15, -0.1) is 11.8 Å². The molecule has 0 aliphatic carbocycles. The van der Waals surface area contributed by atoms with Crippen LogP contribution in [0.1, 0.15) is 31.4 Å². The average molecular weight is 328 g/mol. The zero-order valence-electron chi connectivity index (χ0n) is 13.9. The second kappa shape index (κ2) is 8.06. The minimum Gasteiger partial charge on any atom is -0.399 e. The lowest BCUT2D eigenvalue weighted by Gasteiger charge is -2.12. The molecule has 0 saturated heterocycles. The molecule has 0 aliphatic heterocycles. The Labute approximate surface area is 142 Å². The van der Waals surface area contributed by atoms with Crippen molar-refractivity contribution >= 4 is 29.0 Å². The number of rotatable bonds is 6. The second-order valence-corrected chi connectivity index (χ2v) is 7.29. The van der Waals surface area contributed by atoms with Gasteiger partial charge in [-0.2, -0.15) is 0 Å². The highest BCUT2D eigenvalue weighted by molar-refractivity contribution is 7.99. The summed E-state index contributed by atoms with van der Waals surface area (Å²) >= 11 is 1.86. The van der Waals surface area contributed by atoms with Crippen molar-refractivity contribution in [1.29, 1.82) is 0 Å². The first-order valence-electron chi connectivity index (χ1n) is 7.89. The summed E-state index contributed by atoms with van der Waals surface area (Å²) in [5.74, 6) is -0.0137. The zero-order valence-corrected chi connectivity index (χ0v) is 14.7. The molecule has 2 aromatic rings. The first-order chi connectivity index (χ1) is 11.0. The molecule has 2 aromatic carbocycles. The Balaban J connectivity index is 1.99. The van der Waals surface area contributed by atoms with Gasteiger partial charge in [0.15, 0.2) is 0 Å². The molecule has 3 N–H and O–H groups in total. The van der Waals surface area contributed by atoms with E-state index in [0.29, 0.717) is 17.4 Å². The summed E-state index contributed by atoms with van der Waals surface area (Å²) in [5.41, 5.74) is 9.28. The Bertz CT molecular complexity index is 668. The summed E-state index contributed by atoms with van der Waals surface area (Å²) in [6, 6.07) is 13.6. The lowest BCUT2D eigenvalue weighted by atomic mass is 10.1. The molecule has 0 aromatic heterocycles. The number of amides is 1. The maximum absolute atomic E-state index is 12.2. The molecule has 4 heteroatoms. The number of nitrogens with two attached hydrogens (primary N) is 1. The Morgan fingerprint density at radius 1 is 1.22 bits per heavy atom. The van der Waals surface area contributed by atoms with Crippen molar-refractivity contribution in [2.45, 2.75) is 43.8 Å². The van der Waals surface area contributed by atoms with Crippen molar-refractivity contribution in [1.82, 2.24) is 0 Å². The highest BCUT2D eigenvalue weighted by Gasteiger charge is 2.08. The quantitative estimate of drug-likeness (QED) is 0.599. The molecule has 122 valence electrons. The normalized spacial score (nSPS) is 12.0. The van der Waals surface area contributed by atoms with Gasteiger partial charge >= 0.3 is 0 Å². The van der Waals surface area contributed by atoms with Crippen LogP contribution in [0.2, 0.25) is 0 Å². The number of carbonyl (C=O) groups is 1. The van der Waals surface area contributed by atoms with E-state index in [0.717, 1.165) is 23.2 Å². The van der Waals surface area contributed by atoms with Crippen LogP contribution in [0.5, 0.6) is 0 Å². The van der Waals surface area contributed by atoms with Crippen LogP contribution in [-0.2, 0) is 11.2 Å². The number of aryl methyl sites for hydroxylation is 1. The number of nitrogens with one attached hydrogen (secondary N) is 1. The smallest absolute Gasteiger partial charge is 0.228 e. The zero-order chi connectivity index (χ0) is 16.8. The molecular formula is C19H24N2OS. The topological polar surface area (TPSA) is 55.1 Å². The van der Waals surface area contributed by atoms with Crippen molar-refractivity contribution < 1.29 is 4.79 Å². The first kappa shape index (κ1) is 17.4. The van der Waals surface area contributed by atoms with Gasteiger partial charge in [-0.05, 0) is 54.8 Å². The van der Waals surface area contributed by atoms with Crippen LogP contribution in [0.25, 0.3) is 0 Å². The van der Waals surface area contributed by atoms with Gasteiger partial charge < -0.3 is 11.1 Å². The van der Waals surface area contributed by atoms with Crippen LogP contribution < -0.4 is 11.1 Å². The van der Waals surface area contributed by atoms with Crippen molar-refractivity contribution in [2.24, 2.45) is 0 Å². The van der Waals surface area contributed by atoms with E-state index in [2.05, 4.69) is 31.3 Å². The molecule has 2 rings (SSSR count). The van der Waals surface area contributed by atoms with E-state index in [1.807, 2.05) is 49.0 Å². The number of benzene rings is 2. The highest BCUT2D eigenvalue weighted by atomic mass is 32.2. The fraction of sp³-hybridized carbons (Fsp3) is 0.316. The summed E-state index contributed by atoms with van der Waals surface area (Å²) in [6.07, 6.45) is 1.49. The molecule has 3 nitrogen and oxygen atoms in total. The van der Waals surface area contributed by atoms with Crippen LogP contribution >= 0.6 is 11.8 Å². The highest BCUT2D eigenvalue weighted by Crippen LogP contribution is 2.28. The molecule has 0 radical (unpaired) electrons. The summed E-state index contributed by atoms with van der Waals surface area (Å²) in [7, 11) is 0. The van der Waals surface area contributed by atoms with Crippen LogP contribution in [0.4, 0.5) is 11.4 Å². The summed E-state index contributed by atoms with van der Waals surface area (Å²) in [4.78, 5) is 13.4. The third-order valence-electron chi connectivity index (χ3n) is 3.73. The van der Waals surface area contributed by atoms with E-state index in [9.17, 15) is 4.79 Å². The van der Waals surface area contributed by atoms with Crippen LogP contribution in [0.3, 0.4) is 0 Å². The van der Waals surface area contributed by atoms with Crippen molar-refractivity contribution in [3.8, 4) is 0 Å². The van der Waals surface area contributed by atoms with Crippen molar-refractivity contribution in [3.05, 3.63) is 53.6 Å². The molecule has 0 saturated carbocycles. The molecule has 1 atom stereocenters. The number of hydrogen-bond acceptors (Lipinski definition) is 3. The number of carbonyl (C=O) groups excluding carboxylic acids is 1. The summed E-state index contributed by atoms with van der Waals surface area (Å²) in [6.45, 7) is 6.44. The van der Waals surface area contributed by atoms with Gasteiger partial charge in [0.2, 0.25) is 5.91 Å². The van der Waals surface area contributed by atoms with Crippen molar-refractivity contribution in [3.63, 3.8) is 0 Å². The van der Waals surface area contributed by atoms with Gasteiger partial charge in [-0.1, -0.05) is 26.0 Å². The molecule has 0 bridgehead atoms. The van der Waals surface area contributed by atoms with Crippen LogP contribution in [-0.4, -0.2) is 11.2 Å². The maximum atomic E-state index is 12.2. The Hall–Kier alpha value is -1.94. The number of nitrogen functional groups attached to an aromatic ring is 1. The number of hydrogen-bond donors (Lipinski definition) is 2. The van der Waals surface area contributed by atoms with Gasteiger partial charge in [-0.3, -0.25) is 4.79 Å². The van der Waals surface area contributed by atoms with E-state index in [1.165, 1.54) is 4.90 Å². The van der Waals surface area contributed by atoms with E-state index in [4.69, 9.17) is 5.73 Å². The monoisotopic (exact) mass is 328 g/mol. The predicted molar refractivity (Wildman–Crippen MR) is 100.0 cm³/mol. The van der Waals surface area contributed by atoms with Crippen LogP contribution in [0, 0.1) is 6.92 Å². The number of thioether (sulfide) groups is 1. The van der Waals surface area contributed by atoms with Gasteiger partial charge in [-0.25, -0.2) is 0 Å². The third kappa shape index (κ3) is 5.32. The van der Waals surface area contributed by atoms with E-state index in [1.54, 1.807) is 0 Å². The largest absolute Gasteiger partial charge is 0.399 e. The van der Waals surface area contributed by atoms with Gasteiger partial charge in [0, 0.05) is 21.5 Å². The maximum Gasteiger partial charge on any atom is 0.228 e. The standard InChI is InChI=1S/C19H24N2OS/c1-4-14(3)23-17-9-10-18(13(2)11-17)21-19(22)12-15-5-7-16(20)8-6-15/h5-11,14H,4,12,20H2,1-3H3,(H,21,22).